The highest BCUT2D eigenvalue weighted by atomic mass is 16.1. The number of carbonyl (C=O) groups is 1. The molecule has 0 spiro atoms. The molecule has 0 aliphatic heterocycles. The molecule has 13 heavy (non-hydrogen) atoms. The van der Waals surface area contributed by atoms with E-state index in [1.165, 1.54) is 38.5 Å². The molecule has 0 bridgehead atoms. The number of hydrogen-bond acceptors (Lipinski definition) is 2. The largest absolute Gasteiger partial charge is 0.368 e. The molecule has 1 fully saturated rings. The number of hydrogen-bond donors (Lipinski definition) is 2. The van der Waals surface area contributed by atoms with Gasteiger partial charge in [0.2, 0.25) is 5.91 Å². The Morgan fingerprint density at radius 2 is 1.85 bits per heavy atom. The average molecular weight is 184 g/mol. The van der Waals surface area contributed by atoms with E-state index in [9.17, 15) is 4.79 Å². The number of carbonyl (C=O) groups excluding carboxylic acids is 1. The van der Waals surface area contributed by atoms with Gasteiger partial charge in [0.05, 0.1) is 6.04 Å². The number of nitrogens with one attached hydrogen (secondary N) is 1. The minimum Gasteiger partial charge on any atom is -0.368 e. The summed E-state index contributed by atoms with van der Waals surface area (Å²) in [7, 11) is 0. The summed E-state index contributed by atoms with van der Waals surface area (Å²) in [6.07, 6.45) is 7.62. The van der Waals surface area contributed by atoms with Crippen molar-refractivity contribution in [1.29, 1.82) is 0 Å². The SMILES string of the molecule is CC(NC1CCCCCC1)C(N)=O. The fourth-order valence-electron chi connectivity index (χ4n) is 1.88. The van der Waals surface area contributed by atoms with E-state index in [1.54, 1.807) is 0 Å². The Kier molecular flexibility index (Phi) is 4.22. The van der Waals surface area contributed by atoms with Crippen LogP contribution >= 0.6 is 0 Å². The van der Waals surface area contributed by atoms with Gasteiger partial charge in [-0.3, -0.25) is 4.79 Å². The smallest absolute Gasteiger partial charge is 0.234 e. The summed E-state index contributed by atoms with van der Waals surface area (Å²) < 4.78 is 0. The third kappa shape index (κ3) is 3.77. The van der Waals surface area contributed by atoms with Crippen molar-refractivity contribution >= 4 is 5.91 Å². The Morgan fingerprint density at radius 1 is 1.31 bits per heavy atom. The van der Waals surface area contributed by atoms with Crippen LogP contribution in [0.3, 0.4) is 0 Å². The van der Waals surface area contributed by atoms with Crippen molar-refractivity contribution in [2.75, 3.05) is 0 Å². The molecule has 3 nitrogen and oxygen atoms in total. The molecule has 1 rings (SSSR count). The Balaban J connectivity index is 2.29. The van der Waals surface area contributed by atoms with Crippen LogP contribution in [-0.2, 0) is 4.79 Å². The summed E-state index contributed by atoms with van der Waals surface area (Å²) in [4.78, 5) is 10.8. The molecule has 1 atom stereocenters. The molecule has 0 heterocycles. The number of primary amides is 1. The normalized spacial score (nSPS) is 22.2. The lowest BCUT2D eigenvalue weighted by Gasteiger charge is -2.19. The Labute approximate surface area is 80.1 Å². The van der Waals surface area contributed by atoms with E-state index < -0.39 is 0 Å². The molecule has 0 radical (unpaired) electrons. The first kappa shape index (κ1) is 10.5. The van der Waals surface area contributed by atoms with Gasteiger partial charge < -0.3 is 11.1 Å². The summed E-state index contributed by atoms with van der Waals surface area (Å²) in [5, 5.41) is 3.28. The van der Waals surface area contributed by atoms with Crippen LogP contribution in [0.4, 0.5) is 0 Å². The Morgan fingerprint density at radius 3 is 2.31 bits per heavy atom. The maximum absolute atomic E-state index is 10.8. The van der Waals surface area contributed by atoms with Crippen LogP contribution in [0.15, 0.2) is 0 Å². The van der Waals surface area contributed by atoms with Gasteiger partial charge in [-0.05, 0) is 19.8 Å². The second-order valence-electron chi connectivity index (χ2n) is 3.98. The van der Waals surface area contributed by atoms with Crippen LogP contribution in [-0.4, -0.2) is 18.0 Å². The topological polar surface area (TPSA) is 55.1 Å². The number of nitrogens with two attached hydrogens (primary N) is 1. The van der Waals surface area contributed by atoms with Gasteiger partial charge in [-0.1, -0.05) is 25.7 Å². The number of amides is 1. The van der Waals surface area contributed by atoms with E-state index in [1.807, 2.05) is 6.92 Å². The summed E-state index contributed by atoms with van der Waals surface area (Å²) in [5.74, 6) is -0.246. The van der Waals surface area contributed by atoms with Gasteiger partial charge in [0.15, 0.2) is 0 Å². The van der Waals surface area contributed by atoms with Gasteiger partial charge in [-0.2, -0.15) is 0 Å². The van der Waals surface area contributed by atoms with Gasteiger partial charge >= 0.3 is 0 Å². The summed E-state index contributed by atoms with van der Waals surface area (Å²) in [5.41, 5.74) is 5.19. The van der Waals surface area contributed by atoms with Crippen molar-refractivity contribution in [3.05, 3.63) is 0 Å². The lowest BCUT2D eigenvalue weighted by Crippen LogP contribution is -2.44. The molecule has 0 aromatic carbocycles. The highest BCUT2D eigenvalue weighted by molar-refractivity contribution is 5.79. The monoisotopic (exact) mass is 184 g/mol. The fraction of sp³-hybridized carbons (Fsp3) is 0.900. The molecule has 1 aliphatic rings. The quantitative estimate of drug-likeness (QED) is 0.647. The standard InChI is InChI=1S/C10H20N2O/c1-8(10(11)13)12-9-6-4-2-3-5-7-9/h8-9,12H,2-7H2,1H3,(H2,11,13). The first-order valence-electron chi connectivity index (χ1n) is 5.25. The predicted molar refractivity (Wildman–Crippen MR) is 53.3 cm³/mol. The molecule has 1 aliphatic carbocycles. The lowest BCUT2D eigenvalue weighted by molar-refractivity contribution is -0.119. The maximum atomic E-state index is 10.8. The second kappa shape index (κ2) is 5.22. The van der Waals surface area contributed by atoms with E-state index in [2.05, 4.69) is 5.32 Å². The molecule has 0 saturated heterocycles. The van der Waals surface area contributed by atoms with Gasteiger partial charge in [0, 0.05) is 6.04 Å². The van der Waals surface area contributed by atoms with Crippen molar-refractivity contribution in [3.63, 3.8) is 0 Å². The molecule has 1 saturated carbocycles. The van der Waals surface area contributed by atoms with Crippen molar-refractivity contribution in [2.45, 2.75) is 57.5 Å². The van der Waals surface area contributed by atoms with E-state index in [0.29, 0.717) is 6.04 Å². The van der Waals surface area contributed by atoms with Crippen molar-refractivity contribution in [3.8, 4) is 0 Å². The van der Waals surface area contributed by atoms with Crippen molar-refractivity contribution in [1.82, 2.24) is 5.32 Å². The molecular weight excluding hydrogens is 164 g/mol. The van der Waals surface area contributed by atoms with Crippen molar-refractivity contribution in [2.24, 2.45) is 5.73 Å². The molecule has 1 unspecified atom stereocenters. The van der Waals surface area contributed by atoms with Crippen LogP contribution in [0.1, 0.15) is 45.4 Å². The highest BCUT2D eigenvalue weighted by Crippen LogP contribution is 2.17. The zero-order valence-electron chi connectivity index (χ0n) is 8.38. The third-order valence-corrected chi connectivity index (χ3v) is 2.77. The average Bonchev–Trinajstić information content (AvgIpc) is 2.32. The van der Waals surface area contributed by atoms with E-state index in [4.69, 9.17) is 5.73 Å². The molecule has 76 valence electrons. The fourth-order valence-corrected chi connectivity index (χ4v) is 1.88. The summed E-state index contributed by atoms with van der Waals surface area (Å²) in [6, 6.07) is 0.327. The van der Waals surface area contributed by atoms with Crippen LogP contribution in [0.25, 0.3) is 0 Å². The molecule has 1 amide bonds. The molecule has 0 aromatic heterocycles. The Bertz CT molecular complexity index is 162. The third-order valence-electron chi connectivity index (χ3n) is 2.77. The first-order chi connectivity index (χ1) is 6.20. The van der Waals surface area contributed by atoms with E-state index >= 15 is 0 Å². The Hall–Kier alpha value is -0.570. The van der Waals surface area contributed by atoms with E-state index in [-0.39, 0.29) is 11.9 Å². The summed E-state index contributed by atoms with van der Waals surface area (Å²) in [6.45, 7) is 1.84. The van der Waals surface area contributed by atoms with Crippen LogP contribution in [0.2, 0.25) is 0 Å². The van der Waals surface area contributed by atoms with Crippen molar-refractivity contribution < 1.29 is 4.79 Å². The predicted octanol–water partition coefficient (Wildman–Crippen LogP) is 1.17. The van der Waals surface area contributed by atoms with Gasteiger partial charge in [-0.25, -0.2) is 0 Å². The van der Waals surface area contributed by atoms with Gasteiger partial charge in [0.1, 0.15) is 0 Å². The van der Waals surface area contributed by atoms with Crippen LogP contribution in [0, 0.1) is 0 Å². The van der Waals surface area contributed by atoms with Crippen LogP contribution in [0.5, 0.6) is 0 Å². The zero-order chi connectivity index (χ0) is 9.68. The molecule has 0 aromatic rings. The lowest BCUT2D eigenvalue weighted by atomic mass is 10.1. The first-order valence-corrected chi connectivity index (χ1v) is 5.25. The molecule has 3 heteroatoms. The van der Waals surface area contributed by atoms with E-state index in [0.717, 1.165) is 0 Å². The zero-order valence-corrected chi connectivity index (χ0v) is 8.38. The molecule has 3 N–H and O–H groups in total. The van der Waals surface area contributed by atoms with Gasteiger partial charge in [-0.15, -0.1) is 0 Å². The van der Waals surface area contributed by atoms with Crippen LogP contribution < -0.4 is 11.1 Å². The summed E-state index contributed by atoms with van der Waals surface area (Å²) >= 11 is 0. The highest BCUT2D eigenvalue weighted by Gasteiger charge is 2.16. The van der Waals surface area contributed by atoms with Gasteiger partial charge in [0.25, 0.3) is 0 Å². The minimum absolute atomic E-state index is 0.178. The second-order valence-corrected chi connectivity index (χ2v) is 3.98. The minimum atomic E-state index is -0.246. The number of rotatable bonds is 3. The molecular formula is C10H20N2O. The maximum Gasteiger partial charge on any atom is 0.234 e.